The highest BCUT2D eigenvalue weighted by atomic mass is 35.5. The summed E-state index contributed by atoms with van der Waals surface area (Å²) in [6.45, 7) is 2.82. The van der Waals surface area contributed by atoms with Crippen molar-refractivity contribution < 1.29 is 10.0 Å². The lowest BCUT2D eigenvalue weighted by molar-refractivity contribution is -0.385. The second kappa shape index (κ2) is 8.29. The second-order valence-electron chi connectivity index (χ2n) is 6.39. The molecule has 0 atom stereocenters. The third-order valence-electron chi connectivity index (χ3n) is 4.51. The van der Waals surface area contributed by atoms with Crippen molar-refractivity contribution in [2.24, 2.45) is 4.99 Å². The molecule has 2 aromatic carbocycles. The molecule has 136 valence electrons. The van der Waals surface area contributed by atoms with E-state index in [1.807, 2.05) is 18.2 Å². The van der Waals surface area contributed by atoms with E-state index in [-0.39, 0.29) is 16.6 Å². The molecule has 1 heterocycles. The van der Waals surface area contributed by atoms with Crippen molar-refractivity contribution in [2.75, 3.05) is 13.1 Å². The first-order valence-electron chi connectivity index (χ1n) is 8.49. The first-order valence-corrected chi connectivity index (χ1v) is 8.87. The average Bonchev–Trinajstić information content (AvgIpc) is 2.64. The monoisotopic (exact) mass is 373 g/mol. The Kier molecular flexibility index (Phi) is 5.85. The minimum atomic E-state index is -0.652. The summed E-state index contributed by atoms with van der Waals surface area (Å²) >= 11 is 5.90. The summed E-state index contributed by atoms with van der Waals surface area (Å²) in [5.41, 5.74) is 1.16. The van der Waals surface area contributed by atoms with Crippen LogP contribution in [0.5, 0.6) is 5.75 Å². The van der Waals surface area contributed by atoms with Crippen LogP contribution in [0.25, 0.3) is 0 Å². The van der Waals surface area contributed by atoms with Crippen LogP contribution in [0, 0.1) is 10.1 Å². The Labute approximate surface area is 156 Å². The van der Waals surface area contributed by atoms with Gasteiger partial charge in [0.1, 0.15) is 0 Å². The molecule has 7 heteroatoms. The number of aliphatic imine (C=N–C) groups is 1. The Morgan fingerprint density at radius 3 is 2.62 bits per heavy atom. The summed E-state index contributed by atoms with van der Waals surface area (Å²) in [7, 11) is 0. The van der Waals surface area contributed by atoms with Gasteiger partial charge in [0.2, 0.25) is 5.75 Å². The zero-order chi connectivity index (χ0) is 18.5. The van der Waals surface area contributed by atoms with Crippen LogP contribution in [0.4, 0.5) is 5.69 Å². The number of hydrogen-bond donors (Lipinski definition) is 1. The van der Waals surface area contributed by atoms with Crippen LogP contribution in [0.1, 0.15) is 24.0 Å². The molecule has 0 spiro atoms. The summed E-state index contributed by atoms with van der Waals surface area (Å²) in [5.74, 6) is -0.398. The topological polar surface area (TPSA) is 79.0 Å². The van der Waals surface area contributed by atoms with Crippen molar-refractivity contribution in [1.82, 2.24) is 4.90 Å². The molecular formula is C19H20ClN3O3. The third-order valence-corrected chi connectivity index (χ3v) is 4.73. The molecule has 1 N–H and O–H groups in total. The van der Waals surface area contributed by atoms with Crippen molar-refractivity contribution in [1.29, 1.82) is 0 Å². The highest BCUT2D eigenvalue weighted by molar-refractivity contribution is 6.31. The van der Waals surface area contributed by atoms with Crippen molar-refractivity contribution in [3.05, 3.63) is 68.7 Å². The van der Waals surface area contributed by atoms with Gasteiger partial charge >= 0.3 is 5.69 Å². The fraction of sp³-hybridized carbons (Fsp3) is 0.316. The minimum Gasteiger partial charge on any atom is -0.502 e. The van der Waals surface area contributed by atoms with Crippen LogP contribution in [0.15, 0.2) is 47.5 Å². The van der Waals surface area contributed by atoms with Crippen molar-refractivity contribution in [3.8, 4) is 5.75 Å². The van der Waals surface area contributed by atoms with Gasteiger partial charge in [0, 0.05) is 42.5 Å². The zero-order valence-corrected chi connectivity index (χ0v) is 15.0. The van der Waals surface area contributed by atoms with E-state index in [1.165, 1.54) is 17.8 Å². The largest absolute Gasteiger partial charge is 0.502 e. The lowest BCUT2D eigenvalue weighted by Gasteiger charge is -2.30. The standard InChI is InChI=1S/C19H20ClN3O3/c20-16-10-15(19(24)18(11-16)23(25)26)12-21-17-6-8-22(9-7-17)13-14-4-2-1-3-5-14/h1-5,10-12,17,24H,6-9,13H2. The van der Waals surface area contributed by atoms with E-state index in [1.54, 1.807) is 0 Å². The van der Waals surface area contributed by atoms with E-state index in [9.17, 15) is 15.2 Å². The van der Waals surface area contributed by atoms with Crippen LogP contribution in [-0.4, -0.2) is 40.3 Å². The Morgan fingerprint density at radius 2 is 1.96 bits per heavy atom. The lowest BCUT2D eigenvalue weighted by atomic mass is 10.0. The Bertz CT molecular complexity index is 803. The fourth-order valence-electron chi connectivity index (χ4n) is 3.10. The van der Waals surface area contributed by atoms with Gasteiger partial charge in [-0.25, -0.2) is 0 Å². The molecule has 1 aliphatic heterocycles. The molecule has 0 unspecified atom stereocenters. The number of nitro benzene ring substituents is 1. The van der Waals surface area contributed by atoms with Crippen LogP contribution >= 0.6 is 11.6 Å². The first kappa shape index (κ1) is 18.4. The smallest absolute Gasteiger partial charge is 0.312 e. The van der Waals surface area contributed by atoms with Crippen molar-refractivity contribution in [2.45, 2.75) is 25.4 Å². The molecule has 1 saturated heterocycles. The number of rotatable bonds is 5. The zero-order valence-electron chi connectivity index (χ0n) is 14.2. The average molecular weight is 374 g/mol. The Balaban J connectivity index is 1.60. The molecule has 0 radical (unpaired) electrons. The molecule has 1 aliphatic rings. The van der Waals surface area contributed by atoms with Crippen molar-refractivity contribution in [3.63, 3.8) is 0 Å². The number of halogens is 1. The maximum absolute atomic E-state index is 11.0. The summed E-state index contributed by atoms with van der Waals surface area (Å²) in [5, 5.41) is 21.2. The number of benzene rings is 2. The van der Waals surface area contributed by atoms with Gasteiger partial charge in [-0.2, -0.15) is 0 Å². The quantitative estimate of drug-likeness (QED) is 0.487. The number of phenolic OH excluding ortho intramolecular Hbond substituents is 1. The number of nitro groups is 1. The summed E-state index contributed by atoms with van der Waals surface area (Å²) in [6, 6.07) is 13.1. The van der Waals surface area contributed by atoms with E-state index < -0.39 is 16.4 Å². The molecular weight excluding hydrogens is 354 g/mol. The van der Waals surface area contributed by atoms with Gasteiger partial charge in [-0.15, -0.1) is 0 Å². The van der Waals surface area contributed by atoms with E-state index in [0.717, 1.165) is 38.5 Å². The minimum absolute atomic E-state index is 0.138. The van der Waals surface area contributed by atoms with Crippen LogP contribution in [0.2, 0.25) is 5.02 Å². The lowest BCUT2D eigenvalue weighted by Crippen LogP contribution is -2.34. The third kappa shape index (κ3) is 4.59. The molecule has 26 heavy (non-hydrogen) atoms. The highest BCUT2D eigenvalue weighted by Crippen LogP contribution is 2.32. The normalized spacial score (nSPS) is 16.2. The number of piperidine rings is 1. The van der Waals surface area contributed by atoms with Gasteiger partial charge in [0.25, 0.3) is 0 Å². The van der Waals surface area contributed by atoms with Gasteiger partial charge in [0.05, 0.1) is 11.0 Å². The van der Waals surface area contributed by atoms with E-state index in [2.05, 4.69) is 22.0 Å². The van der Waals surface area contributed by atoms with Crippen LogP contribution < -0.4 is 0 Å². The summed E-state index contributed by atoms with van der Waals surface area (Å²) in [4.78, 5) is 17.2. The predicted octanol–water partition coefficient (Wildman–Crippen LogP) is 4.04. The van der Waals surface area contributed by atoms with Crippen LogP contribution in [0.3, 0.4) is 0 Å². The molecule has 0 amide bonds. The molecule has 1 fully saturated rings. The Morgan fingerprint density at radius 1 is 1.27 bits per heavy atom. The van der Waals surface area contributed by atoms with Gasteiger partial charge in [0.15, 0.2) is 0 Å². The Hall–Kier alpha value is -2.44. The van der Waals surface area contributed by atoms with E-state index in [0.29, 0.717) is 0 Å². The number of hydrogen-bond acceptors (Lipinski definition) is 5. The maximum atomic E-state index is 11.0. The first-order chi connectivity index (χ1) is 12.5. The summed E-state index contributed by atoms with van der Waals surface area (Å²) < 4.78 is 0. The van der Waals surface area contributed by atoms with Gasteiger partial charge in [-0.1, -0.05) is 41.9 Å². The van der Waals surface area contributed by atoms with Crippen LogP contribution in [-0.2, 0) is 6.54 Å². The number of aromatic hydroxyl groups is 1. The molecule has 3 rings (SSSR count). The highest BCUT2D eigenvalue weighted by Gasteiger charge is 2.20. The molecule has 0 bridgehead atoms. The van der Waals surface area contributed by atoms with E-state index >= 15 is 0 Å². The van der Waals surface area contributed by atoms with Gasteiger partial charge in [-0.05, 0) is 24.5 Å². The van der Waals surface area contributed by atoms with Crippen molar-refractivity contribution >= 4 is 23.5 Å². The number of likely N-dealkylation sites (tertiary alicyclic amines) is 1. The van der Waals surface area contributed by atoms with Gasteiger partial charge < -0.3 is 5.11 Å². The van der Waals surface area contributed by atoms with Gasteiger partial charge in [-0.3, -0.25) is 20.0 Å². The SMILES string of the molecule is O=[N+]([O-])c1cc(Cl)cc(C=NC2CCN(Cc3ccccc3)CC2)c1O. The molecule has 0 aromatic heterocycles. The molecule has 6 nitrogen and oxygen atoms in total. The van der Waals surface area contributed by atoms with E-state index in [4.69, 9.17) is 11.6 Å². The molecule has 2 aromatic rings. The molecule has 0 saturated carbocycles. The number of phenols is 1. The summed E-state index contributed by atoms with van der Waals surface area (Å²) in [6.07, 6.45) is 3.31. The second-order valence-corrected chi connectivity index (χ2v) is 6.83. The maximum Gasteiger partial charge on any atom is 0.312 e. The number of nitrogens with zero attached hydrogens (tertiary/aromatic N) is 3. The molecule has 0 aliphatic carbocycles. The fourth-order valence-corrected chi connectivity index (χ4v) is 3.32. The predicted molar refractivity (Wildman–Crippen MR) is 102 cm³/mol.